The quantitative estimate of drug-likeness (QED) is 0.434. The monoisotopic (exact) mass is 242 g/mol. The molecule has 0 aliphatic heterocycles. The lowest BCUT2D eigenvalue weighted by atomic mass is 9.76. The molecule has 0 bridgehead atoms. The highest BCUT2D eigenvalue weighted by molar-refractivity contribution is 5.39. The molecule has 0 heteroatoms. The molecule has 1 aliphatic rings. The van der Waals surface area contributed by atoms with Gasteiger partial charge >= 0.3 is 0 Å². The van der Waals surface area contributed by atoms with Crippen LogP contribution in [0.2, 0.25) is 0 Å². The van der Waals surface area contributed by atoms with E-state index in [0.717, 1.165) is 12.8 Å². The Morgan fingerprint density at radius 1 is 1.22 bits per heavy atom. The van der Waals surface area contributed by atoms with Crippen molar-refractivity contribution in [2.45, 2.75) is 40.5 Å². The van der Waals surface area contributed by atoms with Crippen LogP contribution in [0.4, 0.5) is 0 Å². The minimum Gasteiger partial charge on any atom is -0.0958 e. The van der Waals surface area contributed by atoms with E-state index in [4.69, 9.17) is 0 Å². The van der Waals surface area contributed by atoms with E-state index in [1.165, 1.54) is 16.7 Å². The molecule has 0 amide bonds. The van der Waals surface area contributed by atoms with Gasteiger partial charge in [-0.05, 0) is 45.1 Å². The average Bonchev–Trinajstić information content (AvgIpc) is 2.37. The summed E-state index contributed by atoms with van der Waals surface area (Å²) in [6.07, 6.45) is 15.6. The zero-order chi connectivity index (χ0) is 13.5. The van der Waals surface area contributed by atoms with Gasteiger partial charge in [0.05, 0.1) is 0 Å². The highest BCUT2D eigenvalue weighted by Crippen LogP contribution is 2.35. The van der Waals surface area contributed by atoms with Gasteiger partial charge in [0, 0.05) is 5.92 Å². The summed E-state index contributed by atoms with van der Waals surface area (Å²) in [4.78, 5) is 0. The number of hydrogen-bond acceptors (Lipinski definition) is 0. The Hall–Kier alpha value is -1.30. The van der Waals surface area contributed by atoms with E-state index in [1.807, 2.05) is 0 Å². The third kappa shape index (κ3) is 3.60. The molecule has 0 radical (unpaired) electrons. The summed E-state index contributed by atoms with van der Waals surface area (Å²) >= 11 is 0. The molecule has 0 nitrogen and oxygen atoms in total. The van der Waals surface area contributed by atoms with Crippen LogP contribution in [0.5, 0.6) is 0 Å². The smallest absolute Gasteiger partial charge is 0.00888 e. The standard InChI is InChI=1S/C18H26/c1-6-8-11-16-12-9-10-13-17(16)18(14(3)4)15(5)7-2/h6,8-10,12-13,16-17H,3,7,11H2,1-2,4-5H3. The van der Waals surface area contributed by atoms with Crippen molar-refractivity contribution in [1.29, 1.82) is 0 Å². The van der Waals surface area contributed by atoms with Crippen LogP contribution in [0.15, 0.2) is 59.8 Å². The Morgan fingerprint density at radius 3 is 2.44 bits per heavy atom. The van der Waals surface area contributed by atoms with Crippen molar-refractivity contribution in [1.82, 2.24) is 0 Å². The van der Waals surface area contributed by atoms with E-state index in [-0.39, 0.29) is 0 Å². The number of allylic oxidation sites excluding steroid dienone is 9. The second-order valence-corrected chi connectivity index (χ2v) is 5.09. The van der Waals surface area contributed by atoms with Crippen LogP contribution in [0, 0.1) is 11.8 Å². The average molecular weight is 242 g/mol. The van der Waals surface area contributed by atoms with Crippen molar-refractivity contribution < 1.29 is 0 Å². The highest BCUT2D eigenvalue weighted by Gasteiger charge is 2.23. The lowest BCUT2D eigenvalue weighted by Crippen LogP contribution is -2.16. The van der Waals surface area contributed by atoms with E-state index in [1.54, 1.807) is 0 Å². The van der Waals surface area contributed by atoms with Gasteiger partial charge in [-0.1, -0.05) is 61.1 Å². The largest absolute Gasteiger partial charge is 0.0958 e. The van der Waals surface area contributed by atoms with Crippen molar-refractivity contribution in [2.75, 3.05) is 0 Å². The van der Waals surface area contributed by atoms with Crippen LogP contribution < -0.4 is 0 Å². The normalized spacial score (nSPS) is 24.4. The van der Waals surface area contributed by atoms with E-state index in [2.05, 4.69) is 70.7 Å². The first-order valence-corrected chi connectivity index (χ1v) is 6.93. The van der Waals surface area contributed by atoms with Gasteiger partial charge in [0.2, 0.25) is 0 Å². The Morgan fingerprint density at radius 2 is 1.89 bits per heavy atom. The summed E-state index contributed by atoms with van der Waals surface area (Å²) in [5, 5.41) is 0. The Bertz CT molecular complexity index is 402. The summed E-state index contributed by atoms with van der Waals surface area (Å²) in [5.41, 5.74) is 4.13. The lowest BCUT2D eigenvalue weighted by molar-refractivity contribution is 0.533. The summed E-state index contributed by atoms with van der Waals surface area (Å²) in [5.74, 6) is 1.06. The van der Waals surface area contributed by atoms with Gasteiger partial charge < -0.3 is 0 Å². The maximum absolute atomic E-state index is 4.18. The van der Waals surface area contributed by atoms with Crippen LogP contribution in [0.25, 0.3) is 0 Å². The lowest BCUT2D eigenvalue weighted by Gasteiger charge is -2.28. The fraction of sp³-hybridized carbons (Fsp3) is 0.444. The fourth-order valence-corrected chi connectivity index (χ4v) is 2.61. The van der Waals surface area contributed by atoms with Gasteiger partial charge in [-0.15, -0.1) is 0 Å². The topological polar surface area (TPSA) is 0 Å². The van der Waals surface area contributed by atoms with Crippen molar-refractivity contribution in [3.63, 3.8) is 0 Å². The Balaban J connectivity index is 3.06. The maximum atomic E-state index is 4.18. The molecule has 0 heterocycles. The van der Waals surface area contributed by atoms with E-state index in [9.17, 15) is 0 Å². The van der Waals surface area contributed by atoms with Crippen LogP contribution in [-0.4, -0.2) is 0 Å². The molecule has 0 N–H and O–H groups in total. The minimum atomic E-state index is 0.489. The minimum absolute atomic E-state index is 0.489. The number of hydrogen-bond donors (Lipinski definition) is 0. The first kappa shape index (κ1) is 14.8. The first-order valence-electron chi connectivity index (χ1n) is 6.93. The molecule has 2 unspecified atom stereocenters. The molecular formula is C18H26. The summed E-state index contributed by atoms with van der Waals surface area (Å²) in [6.45, 7) is 12.9. The van der Waals surface area contributed by atoms with Crippen LogP contribution in [-0.2, 0) is 0 Å². The molecule has 0 fully saturated rings. The summed E-state index contributed by atoms with van der Waals surface area (Å²) in [7, 11) is 0. The first-order chi connectivity index (χ1) is 8.61. The second-order valence-electron chi connectivity index (χ2n) is 5.09. The molecule has 18 heavy (non-hydrogen) atoms. The van der Waals surface area contributed by atoms with Crippen molar-refractivity contribution in [3.05, 3.63) is 59.8 Å². The third-order valence-corrected chi connectivity index (χ3v) is 3.68. The Labute approximate surface area is 112 Å². The summed E-state index contributed by atoms with van der Waals surface area (Å²) in [6, 6.07) is 0. The predicted molar refractivity (Wildman–Crippen MR) is 82.5 cm³/mol. The van der Waals surface area contributed by atoms with Gasteiger partial charge in [0.25, 0.3) is 0 Å². The molecule has 1 aliphatic carbocycles. The molecule has 0 aromatic rings. The van der Waals surface area contributed by atoms with Crippen LogP contribution >= 0.6 is 0 Å². The number of rotatable bonds is 5. The molecule has 2 atom stereocenters. The molecular weight excluding hydrogens is 216 g/mol. The predicted octanol–water partition coefficient (Wildman–Crippen LogP) is 5.61. The molecule has 1 rings (SSSR count). The van der Waals surface area contributed by atoms with Gasteiger partial charge in [-0.3, -0.25) is 0 Å². The molecule has 98 valence electrons. The fourth-order valence-electron chi connectivity index (χ4n) is 2.61. The zero-order valence-corrected chi connectivity index (χ0v) is 12.2. The van der Waals surface area contributed by atoms with Crippen LogP contribution in [0.1, 0.15) is 40.5 Å². The highest BCUT2D eigenvalue weighted by atomic mass is 14.3. The summed E-state index contributed by atoms with van der Waals surface area (Å²) < 4.78 is 0. The van der Waals surface area contributed by atoms with Gasteiger partial charge in [0.15, 0.2) is 0 Å². The Kier molecular flexibility index (Phi) is 5.91. The third-order valence-electron chi connectivity index (χ3n) is 3.68. The molecule has 0 saturated heterocycles. The SMILES string of the molecule is C=C(C)C(=C(C)CC)C1C=CC=CC1CC=CC. The van der Waals surface area contributed by atoms with Crippen molar-refractivity contribution >= 4 is 0 Å². The van der Waals surface area contributed by atoms with Crippen molar-refractivity contribution in [2.24, 2.45) is 11.8 Å². The second kappa shape index (κ2) is 7.20. The maximum Gasteiger partial charge on any atom is 0.00888 e. The molecule has 0 aromatic carbocycles. The van der Waals surface area contributed by atoms with Gasteiger partial charge in [-0.2, -0.15) is 0 Å². The van der Waals surface area contributed by atoms with E-state index in [0.29, 0.717) is 11.8 Å². The van der Waals surface area contributed by atoms with Crippen LogP contribution in [0.3, 0.4) is 0 Å². The molecule has 0 saturated carbocycles. The molecule has 0 aromatic heterocycles. The van der Waals surface area contributed by atoms with E-state index < -0.39 is 0 Å². The molecule has 0 spiro atoms. The van der Waals surface area contributed by atoms with Crippen molar-refractivity contribution in [3.8, 4) is 0 Å². The van der Waals surface area contributed by atoms with Gasteiger partial charge in [0.1, 0.15) is 0 Å². The van der Waals surface area contributed by atoms with Gasteiger partial charge in [-0.25, -0.2) is 0 Å². The zero-order valence-electron chi connectivity index (χ0n) is 12.2. The van der Waals surface area contributed by atoms with E-state index >= 15 is 0 Å².